The molecule has 1 aliphatic rings. The molecule has 1 unspecified atom stereocenters. The summed E-state index contributed by atoms with van der Waals surface area (Å²) >= 11 is 0. The van der Waals surface area contributed by atoms with Gasteiger partial charge in [-0.2, -0.15) is 0 Å². The van der Waals surface area contributed by atoms with E-state index in [2.05, 4.69) is 12.2 Å². The number of nitrogens with one attached hydrogen (secondary N) is 1. The number of hydrogen-bond acceptors (Lipinski definition) is 2. The zero-order valence-electron chi connectivity index (χ0n) is 12.9. The second kappa shape index (κ2) is 7.32. The molecule has 1 N–H and O–H groups in total. The quantitative estimate of drug-likeness (QED) is 0.842. The standard InChI is InChI=1S/C17H25F2NO/c1-3-9-20-16(13-10-14(18)12-15(19)11-13)17(21-2)7-5-4-6-8-17/h10-12,16,20H,3-9H2,1-2H3. The van der Waals surface area contributed by atoms with Crippen molar-refractivity contribution in [2.45, 2.75) is 57.1 Å². The molecule has 0 aromatic heterocycles. The lowest BCUT2D eigenvalue weighted by Crippen LogP contribution is -2.47. The van der Waals surface area contributed by atoms with Crippen LogP contribution in [-0.4, -0.2) is 19.3 Å². The molecule has 1 fully saturated rings. The molecule has 4 heteroatoms. The van der Waals surface area contributed by atoms with Crippen LogP contribution in [0.25, 0.3) is 0 Å². The topological polar surface area (TPSA) is 21.3 Å². The molecule has 2 nitrogen and oxygen atoms in total. The van der Waals surface area contributed by atoms with E-state index in [9.17, 15) is 8.78 Å². The molecule has 0 bridgehead atoms. The van der Waals surface area contributed by atoms with Gasteiger partial charge in [0.2, 0.25) is 0 Å². The van der Waals surface area contributed by atoms with Crippen LogP contribution in [0, 0.1) is 11.6 Å². The second-order valence-corrected chi connectivity index (χ2v) is 5.92. The van der Waals surface area contributed by atoms with E-state index in [-0.39, 0.29) is 11.6 Å². The monoisotopic (exact) mass is 297 g/mol. The molecule has 0 amide bonds. The van der Waals surface area contributed by atoms with E-state index in [1.165, 1.54) is 18.6 Å². The van der Waals surface area contributed by atoms with Crippen molar-refractivity contribution >= 4 is 0 Å². The molecule has 1 aliphatic carbocycles. The Kier molecular flexibility index (Phi) is 5.71. The summed E-state index contributed by atoms with van der Waals surface area (Å²) in [7, 11) is 1.71. The Morgan fingerprint density at radius 2 is 1.76 bits per heavy atom. The molecule has 1 saturated carbocycles. The van der Waals surface area contributed by atoms with E-state index in [0.29, 0.717) is 5.56 Å². The third-order valence-corrected chi connectivity index (χ3v) is 4.45. The summed E-state index contributed by atoms with van der Waals surface area (Å²) < 4.78 is 33.1. The fraction of sp³-hybridized carbons (Fsp3) is 0.647. The molecule has 118 valence electrons. The predicted octanol–water partition coefficient (Wildman–Crippen LogP) is 4.35. The Bertz CT molecular complexity index is 438. The average Bonchev–Trinajstić information content (AvgIpc) is 2.47. The minimum atomic E-state index is -0.532. The van der Waals surface area contributed by atoms with E-state index in [0.717, 1.165) is 44.7 Å². The highest BCUT2D eigenvalue weighted by Gasteiger charge is 2.40. The van der Waals surface area contributed by atoms with Gasteiger partial charge in [0, 0.05) is 13.2 Å². The van der Waals surface area contributed by atoms with Crippen molar-refractivity contribution < 1.29 is 13.5 Å². The van der Waals surface area contributed by atoms with Gasteiger partial charge in [0.15, 0.2) is 0 Å². The van der Waals surface area contributed by atoms with Gasteiger partial charge in [-0.3, -0.25) is 0 Å². The first-order valence-electron chi connectivity index (χ1n) is 7.86. The van der Waals surface area contributed by atoms with Gasteiger partial charge in [-0.1, -0.05) is 26.2 Å². The van der Waals surface area contributed by atoms with Crippen molar-refractivity contribution in [2.75, 3.05) is 13.7 Å². The molecule has 21 heavy (non-hydrogen) atoms. The lowest BCUT2D eigenvalue weighted by molar-refractivity contribution is -0.0688. The summed E-state index contributed by atoms with van der Waals surface area (Å²) in [6.45, 7) is 2.88. The predicted molar refractivity (Wildman–Crippen MR) is 80.2 cm³/mol. The third-order valence-electron chi connectivity index (χ3n) is 4.45. The Morgan fingerprint density at radius 3 is 2.29 bits per heavy atom. The second-order valence-electron chi connectivity index (χ2n) is 5.92. The van der Waals surface area contributed by atoms with Crippen LogP contribution in [0.4, 0.5) is 8.78 Å². The van der Waals surface area contributed by atoms with Gasteiger partial charge in [0.05, 0.1) is 11.6 Å². The number of ether oxygens (including phenoxy) is 1. The van der Waals surface area contributed by atoms with E-state index in [1.807, 2.05) is 0 Å². The molecular formula is C17H25F2NO. The molecule has 1 atom stereocenters. The summed E-state index contributed by atoms with van der Waals surface area (Å²) in [4.78, 5) is 0. The first kappa shape index (κ1) is 16.4. The van der Waals surface area contributed by atoms with E-state index in [4.69, 9.17) is 4.74 Å². The summed E-state index contributed by atoms with van der Waals surface area (Å²) in [6, 6.07) is 3.59. The molecule has 0 radical (unpaired) electrons. The summed E-state index contributed by atoms with van der Waals surface area (Å²) in [6.07, 6.45) is 6.19. The first-order valence-corrected chi connectivity index (χ1v) is 7.86. The van der Waals surface area contributed by atoms with Crippen molar-refractivity contribution in [3.05, 3.63) is 35.4 Å². The molecule has 0 spiro atoms. The van der Waals surface area contributed by atoms with E-state index < -0.39 is 11.6 Å². The Morgan fingerprint density at radius 1 is 1.14 bits per heavy atom. The lowest BCUT2D eigenvalue weighted by Gasteiger charge is -2.43. The summed E-state index contributed by atoms with van der Waals surface area (Å²) in [5.41, 5.74) is 0.276. The Hall–Kier alpha value is -1.00. The number of methoxy groups -OCH3 is 1. The highest BCUT2D eigenvalue weighted by atomic mass is 19.1. The normalized spacial score (nSPS) is 19.4. The maximum absolute atomic E-state index is 13.6. The first-order chi connectivity index (χ1) is 10.1. The van der Waals surface area contributed by atoms with Crippen molar-refractivity contribution in [3.8, 4) is 0 Å². The van der Waals surface area contributed by atoms with Crippen LogP contribution >= 0.6 is 0 Å². The fourth-order valence-electron chi connectivity index (χ4n) is 3.40. The van der Waals surface area contributed by atoms with Crippen LogP contribution in [0.2, 0.25) is 0 Å². The van der Waals surface area contributed by atoms with Crippen LogP contribution in [0.15, 0.2) is 18.2 Å². The zero-order valence-corrected chi connectivity index (χ0v) is 12.9. The fourth-order valence-corrected chi connectivity index (χ4v) is 3.40. The highest BCUT2D eigenvalue weighted by Crippen LogP contribution is 2.41. The molecule has 0 aliphatic heterocycles. The van der Waals surface area contributed by atoms with E-state index in [1.54, 1.807) is 7.11 Å². The van der Waals surface area contributed by atoms with Gasteiger partial charge in [-0.25, -0.2) is 8.78 Å². The van der Waals surface area contributed by atoms with Crippen molar-refractivity contribution in [2.24, 2.45) is 0 Å². The number of rotatable bonds is 6. The maximum atomic E-state index is 13.6. The molecular weight excluding hydrogens is 272 g/mol. The summed E-state index contributed by atoms with van der Waals surface area (Å²) in [5, 5.41) is 3.44. The van der Waals surface area contributed by atoms with Gasteiger partial charge in [-0.05, 0) is 43.5 Å². The minimum absolute atomic E-state index is 0.173. The van der Waals surface area contributed by atoms with Gasteiger partial charge in [0.25, 0.3) is 0 Å². The molecule has 0 heterocycles. The number of halogens is 2. The smallest absolute Gasteiger partial charge is 0.126 e. The SMILES string of the molecule is CCCNC(c1cc(F)cc(F)c1)C1(OC)CCCCC1. The lowest BCUT2D eigenvalue weighted by atomic mass is 9.76. The van der Waals surface area contributed by atoms with Crippen molar-refractivity contribution in [3.63, 3.8) is 0 Å². The molecule has 2 rings (SSSR count). The van der Waals surface area contributed by atoms with Gasteiger partial charge < -0.3 is 10.1 Å². The molecule has 0 saturated heterocycles. The summed E-state index contributed by atoms with van der Waals surface area (Å²) in [5.74, 6) is -1.06. The number of benzene rings is 1. The van der Waals surface area contributed by atoms with Crippen molar-refractivity contribution in [1.29, 1.82) is 0 Å². The van der Waals surface area contributed by atoms with Crippen LogP contribution < -0.4 is 5.32 Å². The highest BCUT2D eigenvalue weighted by molar-refractivity contribution is 5.25. The van der Waals surface area contributed by atoms with Crippen LogP contribution in [0.5, 0.6) is 0 Å². The molecule has 1 aromatic carbocycles. The van der Waals surface area contributed by atoms with Crippen LogP contribution in [0.3, 0.4) is 0 Å². The Balaban J connectivity index is 2.35. The van der Waals surface area contributed by atoms with Gasteiger partial charge in [-0.15, -0.1) is 0 Å². The average molecular weight is 297 g/mol. The minimum Gasteiger partial charge on any atom is -0.376 e. The van der Waals surface area contributed by atoms with Gasteiger partial charge in [0.1, 0.15) is 11.6 Å². The Labute approximate surface area is 125 Å². The number of hydrogen-bond donors (Lipinski definition) is 1. The van der Waals surface area contributed by atoms with Crippen molar-refractivity contribution in [1.82, 2.24) is 5.32 Å². The largest absolute Gasteiger partial charge is 0.376 e. The van der Waals surface area contributed by atoms with Crippen LogP contribution in [0.1, 0.15) is 57.1 Å². The van der Waals surface area contributed by atoms with Gasteiger partial charge >= 0.3 is 0 Å². The molecule has 1 aromatic rings. The zero-order chi connectivity index (χ0) is 15.3. The third kappa shape index (κ3) is 3.80. The van der Waals surface area contributed by atoms with Crippen LogP contribution in [-0.2, 0) is 4.74 Å². The van der Waals surface area contributed by atoms with E-state index >= 15 is 0 Å². The maximum Gasteiger partial charge on any atom is 0.126 e.